The molecule has 1 fully saturated rings. The molecule has 31 heavy (non-hydrogen) atoms. The zero-order valence-corrected chi connectivity index (χ0v) is 18.2. The summed E-state index contributed by atoms with van der Waals surface area (Å²) in [6, 6.07) is 0. The molecule has 0 aromatic heterocycles. The average molecular weight is 463 g/mol. The first-order valence-corrected chi connectivity index (χ1v) is 9.41. The molecule has 1 rings (SSSR count). The lowest BCUT2D eigenvalue weighted by Crippen LogP contribution is -2.63. The van der Waals surface area contributed by atoms with Crippen LogP contribution in [-0.2, 0) is 47.6 Å². The number of thiocarbonyl (C=S) groups is 1. The van der Waals surface area contributed by atoms with Crippen LogP contribution in [0.5, 0.6) is 0 Å². The van der Waals surface area contributed by atoms with Crippen molar-refractivity contribution in [1.29, 1.82) is 0 Å². The number of rotatable bonds is 9. The summed E-state index contributed by atoms with van der Waals surface area (Å²) in [6.07, 6.45) is -5.01. The first-order valence-electron chi connectivity index (χ1n) is 9.00. The van der Waals surface area contributed by atoms with Crippen LogP contribution < -0.4 is 11.2 Å². The van der Waals surface area contributed by atoms with Gasteiger partial charge in [-0.2, -0.15) is 5.10 Å². The van der Waals surface area contributed by atoms with E-state index in [-0.39, 0.29) is 18.3 Å². The lowest BCUT2D eigenvalue weighted by Gasteiger charge is -2.43. The third-order valence-corrected chi connectivity index (χ3v) is 3.64. The zero-order chi connectivity index (χ0) is 23.6. The number of ether oxygens (including phenoxy) is 6. The molecule has 0 spiro atoms. The normalized spacial score (nSPS) is 25.4. The number of nitrogens with zero attached hydrogens (tertiary/aromatic N) is 1. The summed E-state index contributed by atoms with van der Waals surface area (Å²) in [5.41, 5.74) is 7.56. The Bertz CT molecular complexity index is 716. The van der Waals surface area contributed by atoms with Gasteiger partial charge in [0, 0.05) is 27.7 Å². The minimum absolute atomic E-state index is 0.0662. The SMILES string of the molecule is CC(=O)OC[C@H]1O[C@@H](OC/C=N/NC(N)=S)[C@H](OC(C)=O)[C@@H](OC(C)=O)[C@H]1OC(C)=O. The number of nitrogens with one attached hydrogen (secondary N) is 1. The molecule has 174 valence electrons. The van der Waals surface area contributed by atoms with Crippen molar-refractivity contribution in [2.24, 2.45) is 10.8 Å². The van der Waals surface area contributed by atoms with Crippen molar-refractivity contribution in [3.05, 3.63) is 0 Å². The van der Waals surface area contributed by atoms with Crippen molar-refractivity contribution in [3.63, 3.8) is 0 Å². The maximum absolute atomic E-state index is 11.7. The van der Waals surface area contributed by atoms with Gasteiger partial charge in [-0.05, 0) is 12.2 Å². The molecule has 0 bridgehead atoms. The number of carbonyl (C=O) groups excluding carboxylic acids is 4. The number of nitrogens with two attached hydrogens (primary N) is 1. The minimum Gasteiger partial charge on any atom is -0.463 e. The molecule has 3 N–H and O–H groups in total. The molecule has 0 radical (unpaired) electrons. The summed E-state index contributed by atoms with van der Waals surface area (Å²) in [5, 5.41) is 3.62. The molecular formula is C17H25N3O10S. The monoisotopic (exact) mass is 463 g/mol. The summed E-state index contributed by atoms with van der Waals surface area (Å²) in [4.78, 5) is 46.2. The van der Waals surface area contributed by atoms with Crippen LogP contribution in [-0.4, -0.2) is 79.1 Å². The Kier molecular flexibility index (Phi) is 10.8. The topological polar surface area (TPSA) is 174 Å². The largest absolute Gasteiger partial charge is 0.463 e. The molecular weight excluding hydrogens is 438 g/mol. The van der Waals surface area contributed by atoms with Crippen molar-refractivity contribution in [3.8, 4) is 0 Å². The lowest BCUT2D eigenvalue weighted by molar-refractivity contribution is -0.304. The van der Waals surface area contributed by atoms with Gasteiger partial charge in [0.05, 0.1) is 12.8 Å². The highest BCUT2D eigenvalue weighted by atomic mass is 32.1. The van der Waals surface area contributed by atoms with Gasteiger partial charge in [-0.3, -0.25) is 24.6 Å². The molecule has 1 saturated heterocycles. The summed E-state index contributed by atoms with van der Waals surface area (Å²) < 4.78 is 32.0. The molecule has 0 amide bonds. The quantitative estimate of drug-likeness (QED) is 0.139. The van der Waals surface area contributed by atoms with Crippen molar-refractivity contribution in [2.45, 2.75) is 58.4 Å². The fraction of sp³-hybridized carbons (Fsp3) is 0.647. The van der Waals surface area contributed by atoms with Gasteiger partial charge in [-0.25, -0.2) is 0 Å². The Labute approximate surface area is 183 Å². The molecule has 0 aromatic carbocycles. The summed E-state index contributed by atoms with van der Waals surface area (Å²) in [6.45, 7) is 4.03. The lowest BCUT2D eigenvalue weighted by atomic mass is 9.98. The minimum atomic E-state index is -1.31. The molecule has 14 heteroatoms. The van der Waals surface area contributed by atoms with Crippen LogP contribution in [0.15, 0.2) is 5.10 Å². The molecule has 1 aliphatic rings. The molecule has 0 unspecified atom stereocenters. The van der Waals surface area contributed by atoms with Crippen molar-refractivity contribution in [1.82, 2.24) is 5.43 Å². The first kappa shape index (κ1) is 26.2. The van der Waals surface area contributed by atoms with Crippen LogP contribution >= 0.6 is 12.2 Å². The van der Waals surface area contributed by atoms with E-state index in [1.54, 1.807) is 0 Å². The highest BCUT2D eigenvalue weighted by molar-refractivity contribution is 7.80. The van der Waals surface area contributed by atoms with Crippen molar-refractivity contribution >= 4 is 47.4 Å². The molecule has 1 aliphatic heterocycles. The summed E-state index contributed by atoms with van der Waals surface area (Å²) >= 11 is 4.60. The molecule has 0 aliphatic carbocycles. The van der Waals surface area contributed by atoms with Crippen LogP contribution in [0.2, 0.25) is 0 Å². The van der Waals surface area contributed by atoms with E-state index in [4.69, 9.17) is 34.2 Å². The third-order valence-electron chi connectivity index (χ3n) is 3.55. The van der Waals surface area contributed by atoms with E-state index >= 15 is 0 Å². The van der Waals surface area contributed by atoms with Gasteiger partial charge < -0.3 is 34.2 Å². The Morgan fingerprint density at radius 1 is 0.968 bits per heavy atom. The molecule has 1 heterocycles. The fourth-order valence-electron chi connectivity index (χ4n) is 2.61. The van der Waals surface area contributed by atoms with Crippen LogP contribution in [0, 0.1) is 0 Å². The predicted molar refractivity (Wildman–Crippen MR) is 106 cm³/mol. The van der Waals surface area contributed by atoms with E-state index in [1.165, 1.54) is 13.1 Å². The second kappa shape index (κ2) is 12.8. The standard InChI is InChI=1S/C17H25N3O10S/c1-8(21)26-7-12-13(27-9(2)22)14(28-10(3)23)15(29-11(4)24)16(30-12)25-6-5-19-20-17(18)31/h5,12-16H,6-7H2,1-4H3,(H3,18,20,31)/b19-5+/t12-,13+,14+,15-,16-/m1/s1. The number of hydrogen-bond donors (Lipinski definition) is 2. The fourth-order valence-corrected chi connectivity index (χ4v) is 2.66. The summed E-state index contributed by atoms with van der Waals surface area (Å²) in [7, 11) is 0. The van der Waals surface area contributed by atoms with Crippen LogP contribution in [0.4, 0.5) is 0 Å². The van der Waals surface area contributed by atoms with Crippen LogP contribution in [0.3, 0.4) is 0 Å². The van der Waals surface area contributed by atoms with E-state index in [1.807, 2.05) is 0 Å². The van der Waals surface area contributed by atoms with Crippen molar-refractivity contribution < 1.29 is 47.6 Å². The smallest absolute Gasteiger partial charge is 0.303 e. The van der Waals surface area contributed by atoms with Gasteiger partial charge in [0.2, 0.25) is 0 Å². The van der Waals surface area contributed by atoms with Gasteiger partial charge in [-0.1, -0.05) is 0 Å². The Balaban J connectivity index is 3.18. The first-order chi connectivity index (χ1) is 14.5. The maximum Gasteiger partial charge on any atom is 0.303 e. The zero-order valence-electron chi connectivity index (χ0n) is 17.4. The van der Waals surface area contributed by atoms with Gasteiger partial charge in [0.1, 0.15) is 12.7 Å². The third kappa shape index (κ3) is 9.67. The van der Waals surface area contributed by atoms with E-state index in [2.05, 4.69) is 22.7 Å². The van der Waals surface area contributed by atoms with Gasteiger partial charge in [-0.15, -0.1) is 0 Å². The Hall–Kier alpha value is -2.84. The van der Waals surface area contributed by atoms with Crippen molar-refractivity contribution in [2.75, 3.05) is 13.2 Å². The van der Waals surface area contributed by atoms with Crippen LogP contribution in [0.1, 0.15) is 27.7 Å². The van der Waals surface area contributed by atoms with Gasteiger partial charge in [0.25, 0.3) is 0 Å². The molecule has 0 aromatic rings. The number of carbonyl (C=O) groups is 4. The van der Waals surface area contributed by atoms with E-state index < -0.39 is 54.6 Å². The number of esters is 4. The van der Waals surface area contributed by atoms with Gasteiger partial charge in [0.15, 0.2) is 29.7 Å². The van der Waals surface area contributed by atoms with Gasteiger partial charge >= 0.3 is 23.9 Å². The molecule has 13 nitrogen and oxygen atoms in total. The second-order valence-corrected chi connectivity index (χ2v) is 6.63. The van der Waals surface area contributed by atoms with E-state index in [0.29, 0.717) is 0 Å². The maximum atomic E-state index is 11.7. The number of hydrazone groups is 1. The average Bonchev–Trinajstić information content (AvgIpc) is 2.62. The Morgan fingerprint density at radius 2 is 1.52 bits per heavy atom. The molecule has 0 saturated carbocycles. The highest BCUT2D eigenvalue weighted by Crippen LogP contribution is 2.29. The number of hydrogen-bond acceptors (Lipinski definition) is 12. The predicted octanol–water partition coefficient (Wildman–Crippen LogP) is -1.09. The Morgan fingerprint density at radius 3 is 2.03 bits per heavy atom. The second-order valence-electron chi connectivity index (χ2n) is 6.19. The van der Waals surface area contributed by atoms with E-state index in [0.717, 1.165) is 20.8 Å². The molecule has 5 atom stereocenters. The van der Waals surface area contributed by atoms with E-state index in [9.17, 15) is 19.2 Å². The highest BCUT2D eigenvalue weighted by Gasteiger charge is 2.52. The van der Waals surface area contributed by atoms with Crippen LogP contribution in [0.25, 0.3) is 0 Å². The summed E-state index contributed by atoms with van der Waals surface area (Å²) in [5.74, 6) is -2.82.